The van der Waals surface area contributed by atoms with Crippen LogP contribution in [0.1, 0.15) is 44.4 Å². The number of carbonyl (C=O) groups excluding carboxylic acids is 1. The molecule has 0 aliphatic rings. The summed E-state index contributed by atoms with van der Waals surface area (Å²) < 4.78 is 16.5. The molecule has 0 aromatic heterocycles. The maximum absolute atomic E-state index is 12.3. The van der Waals surface area contributed by atoms with Gasteiger partial charge in [-0.15, -0.1) is 0 Å². The maximum atomic E-state index is 12.3. The summed E-state index contributed by atoms with van der Waals surface area (Å²) in [5.41, 5.74) is 2.06. The summed E-state index contributed by atoms with van der Waals surface area (Å²) in [4.78, 5) is 12.3. The third-order valence-corrected chi connectivity index (χ3v) is 4.22. The Bertz CT molecular complexity index is 745. The predicted molar refractivity (Wildman–Crippen MR) is 107 cm³/mol. The van der Waals surface area contributed by atoms with Gasteiger partial charge >= 0.3 is 0 Å². The Balaban J connectivity index is 1.95. The zero-order valence-corrected chi connectivity index (χ0v) is 16.6. The van der Waals surface area contributed by atoms with Crippen LogP contribution < -0.4 is 19.5 Å². The molecular formula is C22H29NO4. The van der Waals surface area contributed by atoms with Gasteiger partial charge in [0.15, 0.2) is 11.5 Å². The number of ether oxygens (including phenoxy) is 3. The lowest BCUT2D eigenvalue weighted by atomic mass is 10.1. The Labute approximate surface area is 161 Å². The fourth-order valence-corrected chi connectivity index (χ4v) is 2.82. The summed E-state index contributed by atoms with van der Waals surface area (Å²) >= 11 is 0. The Morgan fingerprint density at radius 3 is 2.48 bits per heavy atom. The van der Waals surface area contributed by atoms with E-state index in [0.29, 0.717) is 31.8 Å². The number of hydrogen-bond acceptors (Lipinski definition) is 4. The highest BCUT2D eigenvalue weighted by molar-refractivity contribution is 5.76. The summed E-state index contributed by atoms with van der Waals surface area (Å²) in [5, 5.41) is 3.05. The average molecular weight is 371 g/mol. The van der Waals surface area contributed by atoms with E-state index in [2.05, 4.69) is 5.32 Å². The van der Waals surface area contributed by atoms with Crippen molar-refractivity contribution < 1.29 is 19.0 Å². The second-order valence-electron chi connectivity index (χ2n) is 6.21. The lowest BCUT2D eigenvalue weighted by Crippen LogP contribution is -2.26. The smallest absolute Gasteiger partial charge is 0.220 e. The monoisotopic (exact) mass is 371 g/mol. The van der Waals surface area contributed by atoms with Crippen molar-refractivity contribution in [2.24, 2.45) is 0 Å². The van der Waals surface area contributed by atoms with Gasteiger partial charge < -0.3 is 19.5 Å². The fraction of sp³-hybridized carbons (Fsp3) is 0.409. The van der Waals surface area contributed by atoms with Crippen molar-refractivity contribution in [3.05, 3.63) is 53.6 Å². The molecule has 0 saturated carbocycles. The Kier molecular flexibility index (Phi) is 7.99. The van der Waals surface area contributed by atoms with E-state index in [1.807, 2.05) is 63.2 Å². The molecule has 5 nitrogen and oxygen atoms in total. The molecule has 2 aromatic carbocycles. The van der Waals surface area contributed by atoms with E-state index in [1.54, 1.807) is 7.11 Å². The van der Waals surface area contributed by atoms with Crippen LogP contribution in [-0.4, -0.2) is 26.2 Å². The normalized spacial score (nSPS) is 11.6. The summed E-state index contributed by atoms with van der Waals surface area (Å²) in [7, 11) is 1.64. The lowest BCUT2D eigenvalue weighted by Gasteiger charge is -2.17. The zero-order chi connectivity index (χ0) is 19.6. The van der Waals surface area contributed by atoms with Crippen LogP contribution in [0.15, 0.2) is 42.5 Å². The first-order valence-electron chi connectivity index (χ1n) is 9.39. The number of benzene rings is 2. The summed E-state index contributed by atoms with van der Waals surface area (Å²) in [6, 6.07) is 13.5. The van der Waals surface area contributed by atoms with Crippen molar-refractivity contribution >= 4 is 5.91 Å². The molecule has 1 N–H and O–H groups in total. The number of amides is 1. The van der Waals surface area contributed by atoms with E-state index in [-0.39, 0.29) is 11.9 Å². The van der Waals surface area contributed by atoms with Crippen LogP contribution in [-0.2, 0) is 11.2 Å². The first-order valence-corrected chi connectivity index (χ1v) is 9.39. The molecule has 0 aliphatic heterocycles. The van der Waals surface area contributed by atoms with Crippen molar-refractivity contribution in [2.45, 2.75) is 39.7 Å². The second kappa shape index (κ2) is 10.5. The van der Waals surface area contributed by atoms with Crippen LogP contribution in [0.2, 0.25) is 0 Å². The van der Waals surface area contributed by atoms with E-state index in [1.165, 1.54) is 0 Å². The number of hydrogen-bond donors (Lipinski definition) is 1. The number of aryl methyl sites for hydroxylation is 1. The first-order chi connectivity index (χ1) is 13.1. The van der Waals surface area contributed by atoms with Crippen molar-refractivity contribution in [1.82, 2.24) is 5.32 Å². The minimum atomic E-state index is -0.113. The third kappa shape index (κ3) is 6.20. The molecule has 27 heavy (non-hydrogen) atoms. The van der Waals surface area contributed by atoms with Crippen molar-refractivity contribution in [1.29, 1.82) is 0 Å². The lowest BCUT2D eigenvalue weighted by molar-refractivity contribution is -0.121. The molecule has 5 heteroatoms. The summed E-state index contributed by atoms with van der Waals surface area (Å²) in [5.74, 6) is 2.24. The van der Waals surface area contributed by atoms with E-state index in [4.69, 9.17) is 14.2 Å². The topological polar surface area (TPSA) is 56.8 Å². The molecule has 2 aromatic rings. The molecule has 0 fully saturated rings. The molecule has 0 saturated heterocycles. The Morgan fingerprint density at radius 1 is 1.04 bits per heavy atom. The third-order valence-electron chi connectivity index (χ3n) is 4.22. The van der Waals surface area contributed by atoms with E-state index < -0.39 is 0 Å². The highest BCUT2D eigenvalue weighted by atomic mass is 16.5. The van der Waals surface area contributed by atoms with Crippen LogP contribution in [0, 0.1) is 0 Å². The molecule has 1 unspecified atom stereocenters. The van der Waals surface area contributed by atoms with Gasteiger partial charge in [0.25, 0.3) is 0 Å². The van der Waals surface area contributed by atoms with Crippen molar-refractivity contribution in [3.63, 3.8) is 0 Å². The molecule has 0 aliphatic carbocycles. The van der Waals surface area contributed by atoms with Gasteiger partial charge in [-0.05, 0) is 62.6 Å². The minimum absolute atomic E-state index is 0.0113. The number of nitrogens with one attached hydrogen (secondary N) is 1. The van der Waals surface area contributed by atoms with Crippen LogP contribution >= 0.6 is 0 Å². The fourth-order valence-electron chi connectivity index (χ4n) is 2.82. The molecular weight excluding hydrogens is 342 g/mol. The van der Waals surface area contributed by atoms with Gasteiger partial charge in [-0.25, -0.2) is 0 Å². The van der Waals surface area contributed by atoms with E-state index in [9.17, 15) is 4.79 Å². The Morgan fingerprint density at radius 2 is 1.78 bits per heavy atom. The standard InChI is InChI=1S/C22H29NO4/c1-5-26-20-12-11-18(15-21(20)27-6-2)16(3)23-22(24)13-10-17-8-7-9-19(14-17)25-4/h7-9,11-12,14-16H,5-6,10,13H2,1-4H3,(H,23,24). The molecule has 2 rings (SSSR count). The van der Waals surface area contributed by atoms with Gasteiger partial charge in [-0.3, -0.25) is 4.79 Å². The molecule has 0 heterocycles. The van der Waals surface area contributed by atoms with E-state index >= 15 is 0 Å². The average Bonchev–Trinajstić information content (AvgIpc) is 2.68. The predicted octanol–water partition coefficient (Wildman–Crippen LogP) is 4.30. The SMILES string of the molecule is CCOc1ccc(C(C)NC(=O)CCc2cccc(OC)c2)cc1OCC. The maximum Gasteiger partial charge on any atom is 0.220 e. The number of rotatable bonds is 10. The van der Waals surface area contributed by atoms with Crippen LogP contribution in [0.5, 0.6) is 17.2 Å². The van der Waals surface area contributed by atoms with E-state index in [0.717, 1.165) is 22.6 Å². The molecule has 0 spiro atoms. The Hall–Kier alpha value is -2.69. The number of methoxy groups -OCH3 is 1. The van der Waals surface area contributed by atoms with Crippen molar-refractivity contribution in [2.75, 3.05) is 20.3 Å². The second-order valence-corrected chi connectivity index (χ2v) is 6.21. The van der Waals surface area contributed by atoms with Gasteiger partial charge in [-0.1, -0.05) is 18.2 Å². The van der Waals surface area contributed by atoms with Gasteiger partial charge in [0, 0.05) is 6.42 Å². The van der Waals surface area contributed by atoms with Crippen LogP contribution in [0.4, 0.5) is 0 Å². The quantitative estimate of drug-likeness (QED) is 0.676. The largest absolute Gasteiger partial charge is 0.497 e. The van der Waals surface area contributed by atoms with Gasteiger partial charge in [0.05, 0.1) is 26.4 Å². The molecule has 0 radical (unpaired) electrons. The zero-order valence-electron chi connectivity index (χ0n) is 16.6. The highest BCUT2D eigenvalue weighted by Gasteiger charge is 2.13. The van der Waals surface area contributed by atoms with Gasteiger partial charge in [-0.2, -0.15) is 0 Å². The minimum Gasteiger partial charge on any atom is -0.497 e. The highest BCUT2D eigenvalue weighted by Crippen LogP contribution is 2.30. The molecule has 146 valence electrons. The molecule has 1 atom stereocenters. The molecule has 1 amide bonds. The number of carbonyl (C=O) groups is 1. The van der Waals surface area contributed by atoms with Crippen LogP contribution in [0.3, 0.4) is 0 Å². The van der Waals surface area contributed by atoms with Gasteiger partial charge in [0.1, 0.15) is 5.75 Å². The van der Waals surface area contributed by atoms with Crippen molar-refractivity contribution in [3.8, 4) is 17.2 Å². The molecule has 0 bridgehead atoms. The van der Waals surface area contributed by atoms with Crippen LogP contribution in [0.25, 0.3) is 0 Å². The van der Waals surface area contributed by atoms with Gasteiger partial charge in [0.2, 0.25) is 5.91 Å². The summed E-state index contributed by atoms with van der Waals surface area (Å²) in [6.45, 7) is 6.98. The summed E-state index contributed by atoms with van der Waals surface area (Å²) in [6.07, 6.45) is 1.09. The first kappa shape index (κ1) is 20.6.